The van der Waals surface area contributed by atoms with Crippen LogP contribution in [-0.4, -0.2) is 21.7 Å². The zero-order valence-electron chi connectivity index (χ0n) is 12.8. The molecule has 0 unspecified atom stereocenters. The molecule has 0 fully saturated rings. The Bertz CT molecular complexity index is 868. The second-order valence-electron chi connectivity index (χ2n) is 4.90. The number of aromatic nitrogens is 2. The van der Waals surface area contributed by atoms with E-state index in [1.54, 1.807) is 36.4 Å². The van der Waals surface area contributed by atoms with E-state index in [9.17, 15) is 4.79 Å². The molecule has 8 heteroatoms. The van der Waals surface area contributed by atoms with Gasteiger partial charge in [0.05, 0.1) is 10.8 Å². The number of nitrogens with zero attached hydrogens (tertiary/aromatic N) is 2. The van der Waals surface area contributed by atoms with Crippen molar-refractivity contribution in [1.82, 2.24) is 10.2 Å². The maximum atomic E-state index is 12.1. The first-order valence-electron chi connectivity index (χ1n) is 7.23. The van der Waals surface area contributed by atoms with Gasteiger partial charge in [0.2, 0.25) is 0 Å². The smallest absolute Gasteiger partial charge is 0.277 e. The molecule has 1 heterocycles. The van der Waals surface area contributed by atoms with E-state index in [1.807, 2.05) is 12.1 Å². The largest absolute Gasteiger partial charge is 0.482 e. The molecule has 128 valence electrons. The number of ketones is 1. The fourth-order valence-corrected chi connectivity index (χ4v) is 2.89. The van der Waals surface area contributed by atoms with Gasteiger partial charge in [-0.1, -0.05) is 47.1 Å². The SMILES string of the molecule is O=C(CSc1nnc(COc2ccccc2Cl)o1)c1ccc(Cl)cc1. The highest BCUT2D eigenvalue weighted by molar-refractivity contribution is 7.99. The van der Waals surface area contributed by atoms with Crippen LogP contribution in [0.15, 0.2) is 58.2 Å². The van der Waals surface area contributed by atoms with E-state index in [2.05, 4.69) is 10.2 Å². The highest BCUT2D eigenvalue weighted by Gasteiger charge is 2.12. The molecular weight excluding hydrogens is 383 g/mol. The molecule has 5 nitrogen and oxygen atoms in total. The standard InChI is InChI=1S/C17H12Cl2N2O3S/c18-12-7-5-11(6-8-12)14(22)10-25-17-21-20-16(24-17)9-23-15-4-2-1-3-13(15)19/h1-8H,9-10H2. The number of halogens is 2. The van der Waals surface area contributed by atoms with Gasteiger partial charge >= 0.3 is 0 Å². The number of carbonyl (C=O) groups excluding carboxylic acids is 1. The Labute approximate surface area is 158 Å². The van der Waals surface area contributed by atoms with Crippen LogP contribution in [0.2, 0.25) is 10.0 Å². The number of para-hydroxylation sites is 1. The van der Waals surface area contributed by atoms with Gasteiger partial charge in [0.15, 0.2) is 12.4 Å². The summed E-state index contributed by atoms with van der Waals surface area (Å²) >= 11 is 13.0. The van der Waals surface area contributed by atoms with Crippen LogP contribution in [-0.2, 0) is 6.61 Å². The van der Waals surface area contributed by atoms with Crippen molar-refractivity contribution in [2.75, 3.05) is 5.75 Å². The number of hydrogen-bond donors (Lipinski definition) is 0. The topological polar surface area (TPSA) is 65.2 Å². The molecule has 0 spiro atoms. The van der Waals surface area contributed by atoms with Crippen LogP contribution in [0.4, 0.5) is 0 Å². The number of thioether (sulfide) groups is 1. The fraction of sp³-hybridized carbons (Fsp3) is 0.118. The molecule has 0 N–H and O–H groups in total. The maximum absolute atomic E-state index is 12.1. The Morgan fingerprint density at radius 1 is 1.08 bits per heavy atom. The fourth-order valence-electron chi connectivity index (χ4n) is 1.90. The molecule has 1 aromatic heterocycles. The molecule has 0 aliphatic carbocycles. The molecule has 0 radical (unpaired) electrons. The lowest BCUT2D eigenvalue weighted by atomic mass is 10.1. The van der Waals surface area contributed by atoms with Crippen molar-refractivity contribution in [3.05, 3.63) is 70.0 Å². The van der Waals surface area contributed by atoms with Gasteiger partial charge in [-0.15, -0.1) is 10.2 Å². The number of ether oxygens (including phenoxy) is 1. The van der Waals surface area contributed by atoms with Crippen LogP contribution in [0.1, 0.15) is 16.2 Å². The predicted octanol–water partition coefficient (Wildman–Crippen LogP) is 4.93. The molecule has 0 saturated heterocycles. The van der Waals surface area contributed by atoms with E-state index >= 15 is 0 Å². The van der Waals surface area contributed by atoms with Crippen molar-refractivity contribution in [1.29, 1.82) is 0 Å². The molecule has 2 aromatic carbocycles. The van der Waals surface area contributed by atoms with Crippen LogP contribution < -0.4 is 4.74 Å². The summed E-state index contributed by atoms with van der Waals surface area (Å²) in [6.45, 7) is 0.0996. The third kappa shape index (κ3) is 4.98. The summed E-state index contributed by atoms with van der Waals surface area (Å²) in [6.07, 6.45) is 0. The van der Waals surface area contributed by atoms with Gasteiger partial charge in [-0.2, -0.15) is 0 Å². The van der Waals surface area contributed by atoms with Gasteiger partial charge in [0.25, 0.3) is 11.1 Å². The molecule has 0 saturated carbocycles. The van der Waals surface area contributed by atoms with Crippen molar-refractivity contribution in [3.63, 3.8) is 0 Å². The maximum Gasteiger partial charge on any atom is 0.277 e. The Hall–Kier alpha value is -2.02. The van der Waals surface area contributed by atoms with Crippen LogP contribution in [0.3, 0.4) is 0 Å². The lowest BCUT2D eigenvalue weighted by molar-refractivity contribution is 0.102. The van der Waals surface area contributed by atoms with Crippen LogP contribution in [0, 0.1) is 0 Å². The average molecular weight is 395 g/mol. The Morgan fingerprint density at radius 3 is 2.60 bits per heavy atom. The quantitative estimate of drug-likeness (QED) is 0.418. The summed E-state index contributed by atoms with van der Waals surface area (Å²) in [6, 6.07) is 13.8. The zero-order valence-corrected chi connectivity index (χ0v) is 15.1. The van der Waals surface area contributed by atoms with E-state index < -0.39 is 0 Å². The number of benzene rings is 2. The van der Waals surface area contributed by atoms with Crippen LogP contribution >= 0.6 is 35.0 Å². The second-order valence-corrected chi connectivity index (χ2v) is 6.67. The highest BCUT2D eigenvalue weighted by Crippen LogP contribution is 2.24. The van der Waals surface area contributed by atoms with Crippen molar-refractivity contribution in [2.45, 2.75) is 11.8 Å². The number of hydrogen-bond acceptors (Lipinski definition) is 6. The number of Topliss-reactive ketones (excluding diaryl/α,β-unsaturated/α-hetero) is 1. The molecule has 0 aliphatic heterocycles. The van der Waals surface area contributed by atoms with E-state index in [4.69, 9.17) is 32.4 Å². The minimum absolute atomic E-state index is 0.0475. The van der Waals surface area contributed by atoms with Gasteiger partial charge in [-0.25, -0.2) is 0 Å². The summed E-state index contributed by atoms with van der Waals surface area (Å²) in [5.74, 6) is 0.985. The van der Waals surface area contributed by atoms with Crippen molar-refractivity contribution >= 4 is 40.7 Å². The summed E-state index contributed by atoms with van der Waals surface area (Å²) in [5.41, 5.74) is 0.582. The molecule has 0 atom stereocenters. The monoisotopic (exact) mass is 394 g/mol. The number of rotatable bonds is 7. The third-order valence-corrected chi connectivity index (χ3v) is 4.51. The highest BCUT2D eigenvalue weighted by atomic mass is 35.5. The van der Waals surface area contributed by atoms with Gasteiger partial charge in [-0.05, 0) is 36.4 Å². The average Bonchev–Trinajstić information content (AvgIpc) is 3.07. The second kappa shape index (κ2) is 8.38. The Morgan fingerprint density at radius 2 is 1.84 bits per heavy atom. The lowest BCUT2D eigenvalue weighted by Crippen LogP contribution is -2.01. The van der Waals surface area contributed by atoms with Crippen LogP contribution in [0.25, 0.3) is 0 Å². The molecule has 25 heavy (non-hydrogen) atoms. The first-order chi connectivity index (χ1) is 12.1. The summed E-state index contributed by atoms with van der Waals surface area (Å²) in [4.78, 5) is 12.1. The zero-order chi connectivity index (χ0) is 17.6. The Kier molecular flexibility index (Phi) is 5.96. The molecule has 3 aromatic rings. The van der Waals surface area contributed by atoms with Gasteiger partial charge in [-0.3, -0.25) is 4.79 Å². The predicted molar refractivity (Wildman–Crippen MR) is 96.6 cm³/mol. The lowest BCUT2D eigenvalue weighted by Gasteiger charge is -2.04. The first-order valence-corrected chi connectivity index (χ1v) is 8.97. The molecular formula is C17H12Cl2N2O3S. The first kappa shape index (κ1) is 17.8. The van der Waals surface area contributed by atoms with Crippen LogP contribution in [0.5, 0.6) is 5.75 Å². The summed E-state index contributed by atoms with van der Waals surface area (Å²) in [5, 5.41) is 9.18. The Balaban J connectivity index is 1.52. The van der Waals surface area contributed by atoms with E-state index in [-0.39, 0.29) is 18.1 Å². The van der Waals surface area contributed by atoms with E-state index in [1.165, 1.54) is 11.8 Å². The molecule has 0 amide bonds. The molecule has 0 aliphatic rings. The minimum Gasteiger partial charge on any atom is -0.482 e. The van der Waals surface area contributed by atoms with E-state index in [0.29, 0.717) is 32.5 Å². The summed E-state index contributed by atoms with van der Waals surface area (Å²) < 4.78 is 11.0. The molecule has 3 rings (SSSR count). The minimum atomic E-state index is -0.0475. The third-order valence-electron chi connectivity index (χ3n) is 3.13. The normalized spacial score (nSPS) is 10.6. The van der Waals surface area contributed by atoms with Gasteiger partial charge in [0.1, 0.15) is 5.75 Å². The molecule has 0 bridgehead atoms. The van der Waals surface area contributed by atoms with Crippen molar-refractivity contribution < 1.29 is 13.9 Å². The van der Waals surface area contributed by atoms with Crippen molar-refractivity contribution in [2.24, 2.45) is 0 Å². The van der Waals surface area contributed by atoms with Gasteiger partial charge < -0.3 is 9.15 Å². The van der Waals surface area contributed by atoms with E-state index in [0.717, 1.165) is 0 Å². The van der Waals surface area contributed by atoms with Crippen molar-refractivity contribution in [3.8, 4) is 5.75 Å². The number of carbonyl (C=O) groups is 1. The summed E-state index contributed by atoms with van der Waals surface area (Å²) in [7, 11) is 0. The van der Waals surface area contributed by atoms with Gasteiger partial charge in [0, 0.05) is 10.6 Å².